The lowest BCUT2D eigenvalue weighted by atomic mass is 9.99. The zero-order chi connectivity index (χ0) is 25.2. The molecule has 0 aliphatic carbocycles. The van der Waals surface area contributed by atoms with Crippen molar-refractivity contribution < 1.29 is 35.0 Å². The van der Waals surface area contributed by atoms with Crippen molar-refractivity contribution in [2.24, 2.45) is 5.73 Å². The molecule has 0 aromatic carbocycles. The van der Waals surface area contributed by atoms with Crippen molar-refractivity contribution in [1.82, 2.24) is 0 Å². The Labute approximate surface area is 206 Å². The molecule has 0 spiro atoms. The van der Waals surface area contributed by atoms with Crippen molar-refractivity contribution in [2.75, 3.05) is 6.61 Å². The van der Waals surface area contributed by atoms with Gasteiger partial charge in [-0.1, -0.05) is 103 Å². The van der Waals surface area contributed by atoms with Crippen LogP contribution >= 0.6 is 0 Å². The van der Waals surface area contributed by atoms with Crippen LogP contribution in [0.1, 0.15) is 110 Å². The van der Waals surface area contributed by atoms with E-state index in [0.717, 1.165) is 25.5 Å². The minimum atomic E-state index is -1.52. The SMILES string of the molecule is CCCCCCCCCCCCCCCCC[C@@H](O)C(N)=CO[C@@H]1O[C@H](CO)[C@@H](O)[C@H](O)[C@H]1O. The standard InChI is InChI=1S/C26H51NO7/c1-2-3-4-5-6-7-8-9-10-11-12-13-14-15-16-17-21(29)20(27)19-33-26-25(32)24(31)23(30)22(18-28)34-26/h19,21-26,28-32H,2-18,27H2,1H3/t21-,22-,23-,24+,25-,26-/m1/s1. The lowest BCUT2D eigenvalue weighted by Crippen LogP contribution is -2.58. The van der Waals surface area contributed by atoms with Gasteiger partial charge in [0.05, 0.1) is 18.4 Å². The van der Waals surface area contributed by atoms with Crippen LogP contribution in [0.5, 0.6) is 0 Å². The van der Waals surface area contributed by atoms with Gasteiger partial charge in [-0.2, -0.15) is 0 Å². The van der Waals surface area contributed by atoms with Crippen LogP contribution in [0.4, 0.5) is 0 Å². The van der Waals surface area contributed by atoms with Crippen LogP contribution in [0, 0.1) is 0 Å². The zero-order valence-electron chi connectivity index (χ0n) is 21.2. The third-order valence-electron chi connectivity index (χ3n) is 6.65. The van der Waals surface area contributed by atoms with E-state index in [-0.39, 0.29) is 5.70 Å². The van der Waals surface area contributed by atoms with E-state index in [1.54, 1.807) is 0 Å². The first-order valence-electron chi connectivity index (χ1n) is 13.5. The number of aliphatic hydroxyl groups excluding tert-OH is 5. The molecule has 1 heterocycles. The van der Waals surface area contributed by atoms with Crippen molar-refractivity contribution >= 4 is 0 Å². The molecule has 0 unspecified atom stereocenters. The monoisotopic (exact) mass is 489 g/mol. The number of unbranched alkanes of at least 4 members (excludes halogenated alkanes) is 14. The molecule has 6 atom stereocenters. The summed E-state index contributed by atoms with van der Waals surface area (Å²) in [6.07, 6.45) is 13.1. The van der Waals surface area contributed by atoms with E-state index in [0.29, 0.717) is 6.42 Å². The Hall–Kier alpha value is -0.900. The Morgan fingerprint density at radius 3 is 1.74 bits per heavy atom. The summed E-state index contributed by atoms with van der Waals surface area (Å²) >= 11 is 0. The quantitative estimate of drug-likeness (QED) is 0.113. The topological polar surface area (TPSA) is 146 Å². The Morgan fingerprint density at radius 2 is 1.26 bits per heavy atom. The predicted octanol–water partition coefficient (Wildman–Crippen LogP) is 3.23. The lowest BCUT2D eigenvalue weighted by molar-refractivity contribution is -0.288. The maximum atomic E-state index is 10.2. The van der Waals surface area contributed by atoms with Crippen LogP contribution < -0.4 is 5.73 Å². The molecule has 1 saturated heterocycles. The number of aliphatic hydroxyl groups is 5. The smallest absolute Gasteiger partial charge is 0.228 e. The molecule has 0 saturated carbocycles. The minimum Gasteiger partial charge on any atom is -0.468 e. The molecule has 1 aliphatic heterocycles. The molecular weight excluding hydrogens is 438 g/mol. The van der Waals surface area contributed by atoms with Crippen LogP contribution in [-0.4, -0.2) is 68.9 Å². The summed E-state index contributed by atoms with van der Waals surface area (Å²) in [7, 11) is 0. The molecule has 0 amide bonds. The molecule has 0 bridgehead atoms. The summed E-state index contributed by atoms with van der Waals surface area (Å²) in [5.41, 5.74) is 5.96. The molecule has 0 aromatic heterocycles. The van der Waals surface area contributed by atoms with E-state index in [9.17, 15) is 25.5 Å². The van der Waals surface area contributed by atoms with Crippen LogP contribution in [-0.2, 0) is 9.47 Å². The molecule has 1 aliphatic rings. The second-order valence-electron chi connectivity index (χ2n) is 9.71. The van der Waals surface area contributed by atoms with E-state index in [1.807, 2.05) is 0 Å². The Bertz CT molecular complexity index is 517. The van der Waals surface area contributed by atoms with Crippen LogP contribution in [0.2, 0.25) is 0 Å². The fraction of sp³-hybridized carbons (Fsp3) is 0.923. The van der Waals surface area contributed by atoms with E-state index >= 15 is 0 Å². The highest BCUT2D eigenvalue weighted by molar-refractivity contribution is 5.00. The normalized spacial score (nSPS) is 26.5. The largest absolute Gasteiger partial charge is 0.468 e. The van der Waals surface area contributed by atoms with Gasteiger partial charge in [-0.25, -0.2) is 0 Å². The van der Waals surface area contributed by atoms with Gasteiger partial charge in [-0.05, 0) is 6.42 Å². The molecule has 0 aromatic rings. The lowest BCUT2D eigenvalue weighted by Gasteiger charge is -2.39. The van der Waals surface area contributed by atoms with Gasteiger partial charge in [-0.15, -0.1) is 0 Å². The molecule has 202 valence electrons. The van der Waals surface area contributed by atoms with Crippen molar-refractivity contribution in [3.05, 3.63) is 12.0 Å². The summed E-state index contributed by atoms with van der Waals surface area (Å²) in [6.45, 7) is 1.72. The second-order valence-corrected chi connectivity index (χ2v) is 9.71. The summed E-state index contributed by atoms with van der Waals surface area (Å²) < 4.78 is 10.5. The average molecular weight is 490 g/mol. The number of hydrogen-bond donors (Lipinski definition) is 6. The molecule has 8 heteroatoms. The fourth-order valence-electron chi connectivity index (χ4n) is 4.28. The highest BCUT2D eigenvalue weighted by Crippen LogP contribution is 2.22. The first kappa shape index (κ1) is 31.1. The van der Waals surface area contributed by atoms with E-state index in [4.69, 9.17) is 15.2 Å². The van der Waals surface area contributed by atoms with Crippen molar-refractivity contribution in [1.29, 1.82) is 0 Å². The van der Waals surface area contributed by atoms with Gasteiger partial charge < -0.3 is 40.7 Å². The third kappa shape index (κ3) is 12.7. The Kier molecular flexibility index (Phi) is 17.7. The van der Waals surface area contributed by atoms with Gasteiger partial charge in [0, 0.05) is 0 Å². The molecule has 0 radical (unpaired) electrons. The predicted molar refractivity (Wildman–Crippen MR) is 133 cm³/mol. The highest BCUT2D eigenvalue weighted by atomic mass is 16.7. The van der Waals surface area contributed by atoms with Gasteiger partial charge in [0.1, 0.15) is 30.7 Å². The molecule has 1 rings (SSSR count). The Morgan fingerprint density at radius 1 is 0.794 bits per heavy atom. The molecule has 8 nitrogen and oxygen atoms in total. The first-order valence-corrected chi connectivity index (χ1v) is 13.5. The van der Waals surface area contributed by atoms with Crippen LogP contribution in [0.3, 0.4) is 0 Å². The molecular formula is C26H51NO7. The van der Waals surface area contributed by atoms with Crippen molar-refractivity contribution in [3.63, 3.8) is 0 Å². The summed E-state index contributed by atoms with van der Waals surface area (Å²) in [4.78, 5) is 0. The zero-order valence-corrected chi connectivity index (χ0v) is 21.2. The van der Waals surface area contributed by atoms with E-state index < -0.39 is 43.4 Å². The number of ether oxygens (including phenoxy) is 2. The van der Waals surface area contributed by atoms with Crippen LogP contribution in [0.25, 0.3) is 0 Å². The maximum absolute atomic E-state index is 10.2. The van der Waals surface area contributed by atoms with Crippen LogP contribution in [0.15, 0.2) is 12.0 Å². The molecule has 1 fully saturated rings. The highest BCUT2D eigenvalue weighted by Gasteiger charge is 2.44. The van der Waals surface area contributed by atoms with Gasteiger partial charge in [0.25, 0.3) is 0 Å². The van der Waals surface area contributed by atoms with Crippen molar-refractivity contribution in [2.45, 2.75) is 146 Å². The number of hydrogen-bond acceptors (Lipinski definition) is 8. The molecule has 7 N–H and O–H groups in total. The Balaban J connectivity index is 2.04. The summed E-state index contributed by atoms with van der Waals surface area (Å²) in [5, 5.41) is 48.9. The average Bonchev–Trinajstić information content (AvgIpc) is 2.84. The van der Waals surface area contributed by atoms with Gasteiger partial charge >= 0.3 is 0 Å². The first-order chi connectivity index (χ1) is 16.4. The van der Waals surface area contributed by atoms with Crippen molar-refractivity contribution in [3.8, 4) is 0 Å². The summed E-state index contributed by atoms with van der Waals surface area (Å²) in [5.74, 6) is 0. The minimum absolute atomic E-state index is 0.0994. The van der Waals surface area contributed by atoms with Gasteiger partial charge in [0.15, 0.2) is 0 Å². The maximum Gasteiger partial charge on any atom is 0.228 e. The number of rotatable bonds is 20. The third-order valence-corrected chi connectivity index (χ3v) is 6.65. The van der Waals surface area contributed by atoms with Gasteiger partial charge in [0.2, 0.25) is 6.29 Å². The fourth-order valence-corrected chi connectivity index (χ4v) is 4.28. The molecule has 34 heavy (non-hydrogen) atoms. The van der Waals surface area contributed by atoms with Gasteiger partial charge in [-0.3, -0.25) is 0 Å². The second kappa shape index (κ2) is 19.3. The van der Waals surface area contributed by atoms with E-state index in [1.165, 1.54) is 77.0 Å². The number of nitrogens with two attached hydrogens (primary N) is 1. The summed E-state index contributed by atoms with van der Waals surface area (Å²) in [6, 6.07) is 0. The van der Waals surface area contributed by atoms with E-state index in [2.05, 4.69) is 6.92 Å².